The zero-order valence-corrected chi connectivity index (χ0v) is 17.6. The maximum Gasteiger partial charge on any atom is 0.269 e. The summed E-state index contributed by atoms with van der Waals surface area (Å²) in [5.74, 6) is -0.126. The average Bonchev–Trinajstić information content (AvgIpc) is 3.20. The minimum atomic E-state index is -1.38. The van der Waals surface area contributed by atoms with Crippen LogP contribution in [0.5, 0.6) is 0 Å². The summed E-state index contributed by atoms with van der Waals surface area (Å²) >= 11 is 0. The Bertz CT molecular complexity index is 1550. The van der Waals surface area contributed by atoms with Crippen LogP contribution in [0.25, 0.3) is 27.8 Å². The smallest absolute Gasteiger partial charge is 0.269 e. The van der Waals surface area contributed by atoms with E-state index >= 15 is 0 Å². The van der Waals surface area contributed by atoms with Crippen molar-refractivity contribution in [2.75, 3.05) is 5.32 Å². The second-order valence-corrected chi connectivity index (χ2v) is 7.54. The molecule has 2 aromatic carbocycles. The van der Waals surface area contributed by atoms with Gasteiger partial charge >= 0.3 is 0 Å². The predicted molar refractivity (Wildman–Crippen MR) is 126 cm³/mol. The van der Waals surface area contributed by atoms with E-state index in [1.807, 2.05) is 13.0 Å². The monoisotopic (exact) mass is 435 g/mol. The van der Waals surface area contributed by atoms with E-state index in [0.29, 0.717) is 29.1 Å². The molecule has 0 saturated heterocycles. The van der Waals surface area contributed by atoms with Crippen molar-refractivity contribution < 1.29 is 4.39 Å². The van der Waals surface area contributed by atoms with Gasteiger partial charge in [0.25, 0.3) is 5.56 Å². The number of rotatable bonds is 5. The van der Waals surface area contributed by atoms with Gasteiger partial charge in [-0.25, -0.2) is 24.3 Å². The number of nitrogens with zero attached hydrogens (tertiary/aromatic N) is 5. The lowest BCUT2D eigenvalue weighted by Gasteiger charge is -2.32. The molecule has 1 atom stereocenters. The lowest BCUT2D eigenvalue weighted by Crippen LogP contribution is -2.42. The highest BCUT2D eigenvalue weighted by Crippen LogP contribution is 2.29. The van der Waals surface area contributed by atoms with Crippen LogP contribution in [0.15, 0.2) is 59.7 Å². The lowest BCUT2D eigenvalue weighted by molar-refractivity contribution is 0.589. The molecule has 11 heteroatoms. The second kappa shape index (κ2) is 7.84. The standard InChI is InChI=1S/C22H16B2FN7O/c1-2-22(24,31-18-16-17(26-11-27-18)30-21(23)29-16)20-28-14-10-6-9-13(25)15(14)19(33)32(20)12-7-4-3-5-8-12/h3-11H,2H2,1H3,(H2,26,27,29,30,31)/t22-/m0/s1. The quantitative estimate of drug-likeness (QED) is 0.409. The van der Waals surface area contributed by atoms with Crippen LogP contribution in [0, 0.1) is 5.82 Å². The molecule has 0 bridgehead atoms. The van der Waals surface area contributed by atoms with E-state index in [1.165, 1.54) is 23.0 Å². The van der Waals surface area contributed by atoms with E-state index < -0.39 is 16.8 Å². The van der Waals surface area contributed by atoms with Gasteiger partial charge in [-0.2, -0.15) is 0 Å². The molecule has 3 aromatic heterocycles. The molecule has 33 heavy (non-hydrogen) atoms. The Hall–Kier alpha value is -4.01. The van der Waals surface area contributed by atoms with Gasteiger partial charge in [0.2, 0.25) is 0 Å². The highest BCUT2D eigenvalue weighted by atomic mass is 19.1. The molecule has 0 saturated carbocycles. The molecule has 5 rings (SSSR count). The third-order valence-corrected chi connectivity index (χ3v) is 5.47. The molecular formula is C22H16B2FN7O. The van der Waals surface area contributed by atoms with E-state index in [0.717, 1.165) is 0 Å². The fourth-order valence-electron chi connectivity index (χ4n) is 3.76. The van der Waals surface area contributed by atoms with Gasteiger partial charge in [0.15, 0.2) is 19.3 Å². The van der Waals surface area contributed by atoms with Gasteiger partial charge in [-0.15, -0.1) is 0 Å². The fraction of sp³-hybridized carbons (Fsp3) is 0.136. The third kappa shape index (κ3) is 3.45. The molecule has 158 valence electrons. The van der Waals surface area contributed by atoms with Crippen molar-refractivity contribution in [3.63, 3.8) is 0 Å². The van der Waals surface area contributed by atoms with E-state index in [4.69, 9.17) is 15.7 Å². The summed E-state index contributed by atoms with van der Waals surface area (Å²) in [7, 11) is 12.6. The summed E-state index contributed by atoms with van der Waals surface area (Å²) in [4.78, 5) is 33.6. The summed E-state index contributed by atoms with van der Waals surface area (Å²) in [6, 6.07) is 13.1. The molecule has 0 aliphatic rings. The molecule has 0 spiro atoms. The minimum absolute atomic E-state index is 0.116. The van der Waals surface area contributed by atoms with Crippen LogP contribution in [0.4, 0.5) is 10.2 Å². The van der Waals surface area contributed by atoms with Crippen LogP contribution >= 0.6 is 0 Å². The number of benzene rings is 2. The van der Waals surface area contributed by atoms with Gasteiger partial charge in [-0.1, -0.05) is 31.2 Å². The first-order valence-electron chi connectivity index (χ1n) is 10.2. The maximum atomic E-state index is 14.6. The van der Waals surface area contributed by atoms with Gasteiger partial charge in [-0.3, -0.25) is 9.36 Å². The zero-order chi connectivity index (χ0) is 23.2. The van der Waals surface area contributed by atoms with E-state index in [2.05, 4.69) is 30.2 Å². The number of halogens is 1. The Balaban J connectivity index is 1.79. The Kier molecular flexibility index (Phi) is 4.96. The molecule has 4 radical (unpaired) electrons. The van der Waals surface area contributed by atoms with Crippen LogP contribution < -0.4 is 16.6 Å². The molecule has 0 aliphatic carbocycles. The number of fused-ring (bicyclic) bond motifs is 2. The van der Waals surface area contributed by atoms with Gasteiger partial charge < -0.3 is 10.3 Å². The van der Waals surface area contributed by atoms with Crippen molar-refractivity contribution in [3.8, 4) is 5.69 Å². The molecule has 0 unspecified atom stereocenters. The maximum absolute atomic E-state index is 14.6. The molecule has 0 fully saturated rings. The first-order chi connectivity index (χ1) is 15.9. The molecule has 8 nitrogen and oxygen atoms in total. The number of imidazole rings is 1. The van der Waals surface area contributed by atoms with Crippen LogP contribution in [0.3, 0.4) is 0 Å². The van der Waals surface area contributed by atoms with Gasteiger partial charge in [-0.05, 0) is 30.7 Å². The number of aromatic nitrogens is 6. The normalized spacial score (nSPS) is 13.3. The first kappa shape index (κ1) is 20.9. The van der Waals surface area contributed by atoms with Gasteiger partial charge in [0.1, 0.15) is 36.7 Å². The summed E-state index contributed by atoms with van der Waals surface area (Å²) in [5, 5.41) is 3.06. The van der Waals surface area contributed by atoms with Crippen molar-refractivity contribution in [3.05, 3.63) is 76.9 Å². The van der Waals surface area contributed by atoms with Crippen molar-refractivity contribution in [2.45, 2.75) is 18.8 Å². The largest absolute Gasteiger partial charge is 0.364 e. The van der Waals surface area contributed by atoms with Crippen LogP contribution in [-0.4, -0.2) is 45.2 Å². The van der Waals surface area contributed by atoms with Gasteiger partial charge in [0.05, 0.1) is 22.4 Å². The van der Waals surface area contributed by atoms with Gasteiger partial charge in [0, 0.05) is 0 Å². The number of para-hydroxylation sites is 1. The topological polar surface area (TPSA) is 101 Å². The highest BCUT2D eigenvalue weighted by Gasteiger charge is 2.32. The summed E-state index contributed by atoms with van der Waals surface area (Å²) in [5.41, 5.74) is -0.256. The highest BCUT2D eigenvalue weighted by molar-refractivity contribution is 6.30. The summed E-state index contributed by atoms with van der Waals surface area (Å²) in [6.07, 6.45) is 1.64. The first-order valence-corrected chi connectivity index (χ1v) is 10.2. The zero-order valence-electron chi connectivity index (χ0n) is 17.6. The van der Waals surface area contributed by atoms with E-state index in [9.17, 15) is 9.18 Å². The van der Waals surface area contributed by atoms with Crippen molar-refractivity contribution in [1.29, 1.82) is 0 Å². The van der Waals surface area contributed by atoms with Crippen LogP contribution in [-0.2, 0) is 5.44 Å². The minimum Gasteiger partial charge on any atom is -0.364 e. The Morgan fingerprint density at radius 2 is 1.91 bits per heavy atom. The number of aromatic amines is 1. The molecule has 0 aliphatic heterocycles. The molecular weight excluding hydrogens is 419 g/mol. The van der Waals surface area contributed by atoms with Crippen LogP contribution in [0.1, 0.15) is 19.2 Å². The van der Waals surface area contributed by atoms with E-state index in [1.54, 1.807) is 30.3 Å². The Morgan fingerprint density at radius 3 is 2.67 bits per heavy atom. The van der Waals surface area contributed by atoms with Crippen molar-refractivity contribution in [2.24, 2.45) is 0 Å². The van der Waals surface area contributed by atoms with E-state index in [-0.39, 0.29) is 22.5 Å². The Morgan fingerprint density at radius 1 is 1.12 bits per heavy atom. The molecule has 5 aromatic rings. The number of anilines is 1. The summed E-state index contributed by atoms with van der Waals surface area (Å²) < 4.78 is 16.0. The summed E-state index contributed by atoms with van der Waals surface area (Å²) in [6.45, 7) is 1.84. The van der Waals surface area contributed by atoms with Crippen molar-refractivity contribution >= 4 is 49.3 Å². The Labute approximate surface area is 190 Å². The second-order valence-electron chi connectivity index (χ2n) is 7.54. The third-order valence-electron chi connectivity index (χ3n) is 5.47. The van der Waals surface area contributed by atoms with Crippen molar-refractivity contribution in [1.82, 2.24) is 29.5 Å². The molecule has 3 heterocycles. The number of hydrogen-bond acceptors (Lipinski definition) is 6. The predicted octanol–water partition coefficient (Wildman–Crippen LogP) is 1.83. The molecule has 2 N–H and O–H groups in total. The average molecular weight is 435 g/mol. The fourth-order valence-corrected chi connectivity index (χ4v) is 3.76. The number of hydrogen-bond donors (Lipinski definition) is 2. The van der Waals surface area contributed by atoms with Crippen LogP contribution in [0.2, 0.25) is 0 Å². The lowest BCUT2D eigenvalue weighted by atomic mass is 9.74. The SMILES string of the molecule is [B]c1nc2ncnc(N[C@@]([B])(CC)c3nc4cccc(F)c4c(=O)n3-c3ccccc3)c2[nH]1. The molecule has 0 amide bonds. The number of H-pyrrole nitrogens is 1. The number of nitrogens with one attached hydrogen (secondary N) is 2.